The van der Waals surface area contributed by atoms with Crippen molar-refractivity contribution in [2.75, 3.05) is 11.9 Å². The molecule has 0 saturated heterocycles. The maximum absolute atomic E-state index is 11.6. The van der Waals surface area contributed by atoms with E-state index in [1.807, 2.05) is 13.0 Å². The highest BCUT2D eigenvalue weighted by Gasteiger charge is 2.11. The molecule has 1 rings (SSSR count). The van der Waals surface area contributed by atoms with Gasteiger partial charge in [-0.05, 0) is 30.7 Å². The van der Waals surface area contributed by atoms with Crippen molar-refractivity contribution in [1.29, 1.82) is 0 Å². The molecule has 1 aromatic rings. The Morgan fingerprint density at radius 1 is 1.60 bits per heavy atom. The Bertz CT molecular complexity index is 366. The van der Waals surface area contributed by atoms with Crippen molar-refractivity contribution in [3.8, 4) is 0 Å². The fourth-order valence-corrected chi connectivity index (χ4v) is 1.36. The Morgan fingerprint density at radius 2 is 2.27 bits per heavy atom. The topological polar surface area (TPSA) is 55.1 Å². The first-order valence-electron chi connectivity index (χ1n) is 4.81. The minimum atomic E-state index is -0.180. The van der Waals surface area contributed by atoms with E-state index in [1.165, 1.54) is 0 Å². The second-order valence-corrected chi connectivity index (χ2v) is 4.02. The number of benzene rings is 1. The number of carbonyl (C=O) groups is 1. The summed E-state index contributed by atoms with van der Waals surface area (Å²) in [4.78, 5) is 11.6. The molecular weight excluding hydrogens is 212 g/mol. The van der Waals surface area contributed by atoms with Crippen LogP contribution in [0.5, 0.6) is 0 Å². The molecule has 1 amide bonds. The van der Waals surface area contributed by atoms with Crippen molar-refractivity contribution >= 4 is 23.2 Å². The van der Waals surface area contributed by atoms with Crippen LogP contribution < -0.4 is 11.1 Å². The first-order chi connectivity index (χ1) is 7.04. The van der Waals surface area contributed by atoms with E-state index < -0.39 is 0 Å². The van der Waals surface area contributed by atoms with Crippen molar-refractivity contribution in [2.45, 2.75) is 13.8 Å². The monoisotopic (exact) mass is 226 g/mol. The highest BCUT2D eigenvalue weighted by Crippen LogP contribution is 2.19. The summed E-state index contributed by atoms with van der Waals surface area (Å²) in [5.41, 5.74) is 7.13. The molecule has 1 atom stereocenters. The van der Waals surface area contributed by atoms with Crippen LogP contribution in [0.1, 0.15) is 12.5 Å². The van der Waals surface area contributed by atoms with E-state index in [0.717, 1.165) is 11.3 Å². The van der Waals surface area contributed by atoms with Gasteiger partial charge in [-0.1, -0.05) is 18.5 Å². The number of halogens is 1. The van der Waals surface area contributed by atoms with E-state index in [4.69, 9.17) is 17.3 Å². The molecule has 0 saturated carbocycles. The summed E-state index contributed by atoms with van der Waals surface area (Å²) in [6.45, 7) is 4.04. The zero-order valence-corrected chi connectivity index (χ0v) is 9.64. The van der Waals surface area contributed by atoms with E-state index in [-0.39, 0.29) is 11.8 Å². The van der Waals surface area contributed by atoms with E-state index in [9.17, 15) is 4.79 Å². The summed E-state index contributed by atoms with van der Waals surface area (Å²) in [6.07, 6.45) is 0. The third-order valence-corrected chi connectivity index (χ3v) is 2.48. The summed E-state index contributed by atoms with van der Waals surface area (Å²) >= 11 is 5.81. The van der Waals surface area contributed by atoms with Crippen molar-refractivity contribution in [1.82, 2.24) is 0 Å². The van der Waals surface area contributed by atoms with Crippen LogP contribution in [0.4, 0.5) is 5.69 Å². The first kappa shape index (κ1) is 12.0. The third kappa shape index (κ3) is 3.22. The smallest absolute Gasteiger partial charge is 0.228 e. The number of aryl methyl sites for hydroxylation is 1. The van der Waals surface area contributed by atoms with Crippen molar-refractivity contribution in [2.24, 2.45) is 11.7 Å². The van der Waals surface area contributed by atoms with Gasteiger partial charge < -0.3 is 11.1 Å². The van der Waals surface area contributed by atoms with Gasteiger partial charge >= 0.3 is 0 Å². The largest absolute Gasteiger partial charge is 0.330 e. The lowest BCUT2D eigenvalue weighted by molar-refractivity contribution is -0.119. The fraction of sp³-hybridized carbons (Fsp3) is 0.364. The number of amides is 1. The predicted molar refractivity (Wildman–Crippen MR) is 63.0 cm³/mol. The number of carbonyl (C=O) groups excluding carboxylic acids is 1. The first-order valence-corrected chi connectivity index (χ1v) is 5.19. The van der Waals surface area contributed by atoms with Gasteiger partial charge in [0.05, 0.1) is 0 Å². The van der Waals surface area contributed by atoms with Crippen molar-refractivity contribution in [3.05, 3.63) is 28.8 Å². The third-order valence-electron chi connectivity index (χ3n) is 2.25. The van der Waals surface area contributed by atoms with Crippen LogP contribution in [-0.4, -0.2) is 12.5 Å². The number of rotatable bonds is 3. The molecule has 0 heterocycles. The molecule has 0 bridgehead atoms. The summed E-state index contributed by atoms with van der Waals surface area (Å²) in [5.74, 6) is -0.247. The number of nitrogens with two attached hydrogens (primary N) is 1. The summed E-state index contributed by atoms with van der Waals surface area (Å²) in [5, 5.41) is 3.47. The van der Waals surface area contributed by atoms with E-state index in [2.05, 4.69) is 5.32 Å². The highest BCUT2D eigenvalue weighted by atomic mass is 35.5. The molecule has 3 N–H and O–H groups in total. The van der Waals surface area contributed by atoms with Crippen LogP contribution >= 0.6 is 11.6 Å². The second-order valence-electron chi connectivity index (χ2n) is 3.59. The van der Waals surface area contributed by atoms with Gasteiger partial charge in [0.2, 0.25) is 5.91 Å². The van der Waals surface area contributed by atoms with Crippen molar-refractivity contribution < 1.29 is 4.79 Å². The Balaban J connectivity index is 2.77. The molecule has 0 spiro atoms. The number of anilines is 1. The fourth-order valence-electron chi connectivity index (χ4n) is 1.13. The molecule has 15 heavy (non-hydrogen) atoms. The maximum atomic E-state index is 11.6. The highest BCUT2D eigenvalue weighted by molar-refractivity contribution is 6.30. The number of nitrogens with one attached hydrogen (secondary N) is 1. The Hall–Kier alpha value is -1.06. The second kappa shape index (κ2) is 5.14. The standard InChI is InChI=1S/C11H15ClN2O/c1-7-5-9(12)3-4-10(7)14-11(15)8(2)6-13/h3-5,8H,6,13H2,1-2H3,(H,14,15). The summed E-state index contributed by atoms with van der Waals surface area (Å²) < 4.78 is 0. The van der Waals surface area contributed by atoms with Crippen molar-refractivity contribution in [3.63, 3.8) is 0 Å². The molecule has 82 valence electrons. The van der Waals surface area contributed by atoms with Gasteiger partial charge in [-0.2, -0.15) is 0 Å². The molecule has 1 unspecified atom stereocenters. The lowest BCUT2D eigenvalue weighted by Crippen LogP contribution is -2.26. The molecule has 0 radical (unpaired) electrons. The van der Waals surface area contributed by atoms with E-state index >= 15 is 0 Å². The SMILES string of the molecule is Cc1cc(Cl)ccc1NC(=O)C(C)CN. The summed E-state index contributed by atoms with van der Waals surface area (Å²) in [6, 6.07) is 5.35. The van der Waals surface area contributed by atoms with Crippen LogP contribution in [0, 0.1) is 12.8 Å². The van der Waals surface area contributed by atoms with Gasteiger partial charge in [0.1, 0.15) is 0 Å². The molecule has 1 aromatic carbocycles. The number of hydrogen-bond donors (Lipinski definition) is 2. The van der Waals surface area contributed by atoms with Gasteiger partial charge in [0.25, 0.3) is 0 Å². The minimum Gasteiger partial charge on any atom is -0.330 e. The van der Waals surface area contributed by atoms with Gasteiger partial charge in [0.15, 0.2) is 0 Å². The van der Waals surface area contributed by atoms with Gasteiger partial charge in [-0.3, -0.25) is 4.79 Å². The zero-order chi connectivity index (χ0) is 11.4. The van der Waals surface area contributed by atoms with E-state index in [0.29, 0.717) is 11.6 Å². The van der Waals surface area contributed by atoms with Gasteiger partial charge in [0, 0.05) is 23.2 Å². The van der Waals surface area contributed by atoms with E-state index in [1.54, 1.807) is 19.1 Å². The molecule has 0 fully saturated rings. The predicted octanol–water partition coefficient (Wildman–Crippen LogP) is 2.18. The maximum Gasteiger partial charge on any atom is 0.228 e. The lowest BCUT2D eigenvalue weighted by Gasteiger charge is -2.12. The Kier molecular flexibility index (Phi) is 4.12. The average Bonchev–Trinajstić information content (AvgIpc) is 2.20. The number of hydrogen-bond acceptors (Lipinski definition) is 2. The minimum absolute atomic E-state index is 0.0667. The van der Waals surface area contributed by atoms with Crippen LogP contribution in [0.3, 0.4) is 0 Å². The van der Waals surface area contributed by atoms with Gasteiger partial charge in [-0.25, -0.2) is 0 Å². The Morgan fingerprint density at radius 3 is 2.80 bits per heavy atom. The van der Waals surface area contributed by atoms with Crippen LogP contribution in [0.15, 0.2) is 18.2 Å². The molecule has 0 aliphatic rings. The lowest BCUT2D eigenvalue weighted by atomic mass is 10.1. The van der Waals surface area contributed by atoms with Crippen LogP contribution in [0.2, 0.25) is 5.02 Å². The van der Waals surface area contributed by atoms with Crippen LogP contribution in [-0.2, 0) is 4.79 Å². The zero-order valence-electron chi connectivity index (χ0n) is 8.88. The average molecular weight is 227 g/mol. The quantitative estimate of drug-likeness (QED) is 0.830. The Labute approximate surface area is 94.6 Å². The molecule has 0 aliphatic carbocycles. The molecule has 0 aromatic heterocycles. The molecule has 0 aliphatic heterocycles. The van der Waals surface area contributed by atoms with Crippen LogP contribution in [0.25, 0.3) is 0 Å². The summed E-state index contributed by atoms with van der Waals surface area (Å²) in [7, 11) is 0. The normalized spacial score (nSPS) is 12.3. The molecular formula is C11H15ClN2O. The molecule has 4 heteroatoms. The molecule has 3 nitrogen and oxygen atoms in total. The van der Waals surface area contributed by atoms with Gasteiger partial charge in [-0.15, -0.1) is 0 Å².